The molecule has 0 saturated heterocycles. The van der Waals surface area contributed by atoms with Gasteiger partial charge < -0.3 is 15.0 Å². The number of carbonyl (C=O) groups is 3. The molecule has 29 heavy (non-hydrogen) atoms. The number of ether oxygens (including phenoxy) is 1. The van der Waals surface area contributed by atoms with Crippen molar-refractivity contribution in [3.63, 3.8) is 0 Å². The molecule has 2 aromatic rings. The molecule has 0 saturated carbocycles. The zero-order valence-corrected chi connectivity index (χ0v) is 16.3. The molecule has 0 aliphatic carbocycles. The molecule has 0 aromatic heterocycles. The zero-order valence-electron chi connectivity index (χ0n) is 16.3. The van der Waals surface area contributed by atoms with Gasteiger partial charge in [-0.1, -0.05) is 17.7 Å². The van der Waals surface area contributed by atoms with E-state index in [0.717, 1.165) is 10.5 Å². The molecule has 1 N–H and O–H groups in total. The Morgan fingerprint density at radius 1 is 1.10 bits per heavy atom. The largest absolute Gasteiger partial charge is 0.452 e. The summed E-state index contributed by atoms with van der Waals surface area (Å²) in [6.07, 6.45) is 0. The summed E-state index contributed by atoms with van der Waals surface area (Å²) >= 11 is 0. The lowest BCUT2D eigenvalue weighted by Crippen LogP contribution is -2.37. The zero-order chi connectivity index (χ0) is 21.6. The van der Waals surface area contributed by atoms with Crippen LogP contribution in [0.25, 0.3) is 0 Å². The quantitative estimate of drug-likeness (QED) is 0.434. The lowest BCUT2D eigenvalue weighted by atomic mass is 10.1. The first-order valence-electron chi connectivity index (χ1n) is 8.70. The number of anilines is 1. The van der Waals surface area contributed by atoms with Crippen LogP contribution in [0.15, 0.2) is 42.5 Å². The molecule has 0 unspecified atom stereocenters. The Morgan fingerprint density at radius 3 is 2.34 bits per heavy atom. The molecule has 0 heterocycles. The van der Waals surface area contributed by atoms with E-state index in [9.17, 15) is 24.5 Å². The third-order valence-corrected chi connectivity index (χ3v) is 4.10. The molecular formula is C20H21N3O6. The molecule has 0 bridgehead atoms. The molecule has 2 aromatic carbocycles. The summed E-state index contributed by atoms with van der Waals surface area (Å²) in [5.41, 5.74) is 1.96. The molecule has 0 fully saturated rings. The fourth-order valence-electron chi connectivity index (χ4n) is 2.45. The van der Waals surface area contributed by atoms with Crippen LogP contribution in [0, 0.1) is 24.0 Å². The van der Waals surface area contributed by atoms with E-state index in [-0.39, 0.29) is 23.7 Å². The number of nitro benzene ring substituents is 1. The highest BCUT2D eigenvalue weighted by atomic mass is 16.6. The minimum absolute atomic E-state index is 0.0978. The number of nitro groups is 1. The van der Waals surface area contributed by atoms with Crippen molar-refractivity contribution < 1.29 is 24.0 Å². The van der Waals surface area contributed by atoms with Gasteiger partial charge in [0.05, 0.1) is 17.0 Å². The van der Waals surface area contributed by atoms with E-state index in [4.69, 9.17) is 4.74 Å². The second-order valence-corrected chi connectivity index (χ2v) is 6.50. The first-order valence-corrected chi connectivity index (χ1v) is 8.70. The van der Waals surface area contributed by atoms with E-state index in [2.05, 4.69) is 5.32 Å². The van der Waals surface area contributed by atoms with Crippen molar-refractivity contribution in [2.24, 2.45) is 0 Å². The van der Waals surface area contributed by atoms with Gasteiger partial charge in [-0.25, -0.2) is 4.79 Å². The summed E-state index contributed by atoms with van der Waals surface area (Å²) in [6, 6.07) is 11.0. The van der Waals surface area contributed by atoms with E-state index < -0.39 is 23.4 Å². The second kappa shape index (κ2) is 9.45. The predicted octanol–water partition coefficient (Wildman–Crippen LogP) is 2.47. The molecule has 2 rings (SSSR count). The van der Waals surface area contributed by atoms with Crippen molar-refractivity contribution in [2.75, 3.05) is 25.5 Å². The third kappa shape index (κ3) is 6.13. The summed E-state index contributed by atoms with van der Waals surface area (Å²) in [6.45, 7) is 2.67. The van der Waals surface area contributed by atoms with E-state index in [0.29, 0.717) is 11.3 Å². The molecule has 0 spiro atoms. The molecule has 0 aliphatic heterocycles. The molecule has 2 amide bonds. The molecule has 0 aliphatic rings. The normalized spacial score (nSPS) is 10.2. The Hall–Kier alpha value is -3.75. The van der Waals surface area contributed by atoms with Crippen LogP contribution in [0.4, 0.5) is 11.4 Å². The second-order valence-electron chi connectivity index (χ2n) is 6.50. The maximum atomic E-state index is 12.1. The van der Waals surface area contributed by atoms with Crippen molar-refractivity contribution in [3.8, 4) is 0 Å². The molecule has 0 atom stereocenters. The summed E-state index contributed by atoms with van der Waals surface area (Å²) in [7, 11) is 1.42. The van der Waals surface area contributed by atoms with Gasteiger partial charge in [0.1, 0.15) is 0 Å². The van der Waals surface area contributed by atoms with Crippen LogP contribution in [0.1, 0.15) is 21.5 Å². The van der Waals surface area contributed by atoms with E-state index in [1.54, 1.807) is 12.1 Å². The molecule has 9 nitrogen and oxygen atoms in total. The molecule has 9 heteroatoms. The lowest BCUT2D eigenvalue weighted by Gasteiger charge is -2.17. The maximum absolute atomic E-state index is 12.1. The van der Waals surface area contributed by atoms with Crippen molar-refractivity contribution >= 4 is 29.2 Å². The van der Waals surface area contributed by atoms with Crippen molar-refractivity contribution in [3.05, 3.63) is 69.3 Å². The van der Waals surface area contributed by atoms with Crippen LogP contribution in [-0.4, -0.2) is 47.8 Å². The standard InChI is InChI=1S/C20H21N3O6/c1-13-4-7-16(8-5-13)21-18(24)11-22(3)19(25)12-29-20(26)15-6-9-17(23(27)28)14(2)10-15/h4-10H,11-12H2,1-3H3,(H,21,24). The van der Waals surface area contributed by atoms with Crippen LogP contribution in [0.2, 0.25) is 0 Å². The van der Waals surface area contributed by atoms with Crippen molar-refractivity contribution in [1.29, 1.82) is 0 Å². The number of hydrogen-bond donors (Lipinski definition) is 1. The number of rotatable bonds is 7. The number of amides is 2. The van der Waals surface area contributed by atoms with Crippen LogP contribution in [0.3, 0.4) is 0 Å². The van der Waals surface area contributed by atoms with Gasteiger partial charge in [-0.2, -0.15) is 0 Å². The van der Waals surface area contributed by atoms with Gasteiger partial charge in [-0.15, -0.1) is 0 Å². The fourth-order valence-corrected chi connectivity index (χ4v) is 2.45. The number of benzene rings is 2. The Morgan fingerprint density at radius 2 is 1.76 bits per heavy atom. The van der Waals surface area contributed by atoms with Crippen LogP contribution >= 0.6 is 0 Å². The number of nitrogens with zero attached hydrogens (tertiary/aromatic N) is 2. The number of aryl methyl sites for hydroxylation is 2. The van der Waals surface area contributed by atoms with Crippen molar-refractivity contribution in [2.45, 2.75) is 13.8 Å². The van der Waals surface area contributed by atoms with Crippen LogP contribution in [0.5, 0.6) is 0 Å². The van der Waals surface area contributed by atoms with E-state index >= 15 is 0 Å². The summed E-state index contributed by atoms with van der Waals surface area (Å²) in [4.78, 5) is 47.6. The fraction of sp³-hybridized carbons (Fsp3) is 0.250. The predicted molar refractivity (Wildman–Crippen MR) is 106 cm³/mol. The molecular weight excluding hydrogens is 378 g/mol. The topological polar surface area (TPSA) is 119 Å². The Kier molecular flexibility index (Phi) is 7.02. The monoisotopic (exact) mass is 399 g/mol. The Balaban J connectivity index is 1.85. The van der Waals surface area contributed by atoms with Gasteiger partial charge in [0, 0.05) is 24.4 Å². The maximum Gasteiger partial charge on any atom is 0.338 e. The lowest BCUT2D eigenvalue weighted by molar-refractivity contribution is -0.385. The highest BCUT2D eigenvalue weighted by Crippen LogP contribution is 2.19. The molecule has 0 radical (unpaired) electrons. The van der Waals surface area contributed by atoms with Gasteiger partial charge in [0.15, 0.2) is 6.61 Å². The average molecular weight is 399 g/mol. The number of nitrogens with one attached hydrogen (secondary N) is 1. The highest BCUT2D eigenvalue weighted by Gasteiger charge is 2.18. The van der Waals surface area contributed by atoms with Gasteiger partial charge in [0.2, 0.25) is 5.91 Å². The van der Waals surface area contributed by atoms with E-state index in [1.807, 2.05) is 19.1 Å². The van der Waals surface area contributed by atoms with Crippen LogP contribution in [-0.2, 0) is 14.3 Å². The Bertz CT molecular complexity index is 940. The molecule has 152 valence electrons. The van der Waals surface area contributed by atoms with Gasteiger partial charge in [-0.05, 0) is 38.1 Å². The average Bonchev–Trinajstić information content (AvgIpc) is 2.67. The smallest absolute Gasteiger partial charge is 0.338 e. The van der Waals surface area contributed by atoms with Gasteiger partial charge in [-0.3, -0.25) is 19.7 Å². The minimum atomic E-state index is -0.783. The summed E-state index contributed by atoms with van der Waals surface area (Å²) < 4.78 is 4.95. The first kappa shape index (κ1) is 21.5. The number of likely N-dealkylation sites (N-methyl/N-ethyl adjacent to an activating group) is 1. The minimum Gasteiger partial charge on any atom is -0.452 e. The number of hydrogen-bond acceptors (Lipinski definition) is 6. The van der Waals surface area contributed by atoms with Gasteiger partial charge >= 0.3 is 5.97 Å². The van der Waals surface area contributed by atoms with Gasteiger partial charge in [0.25, 0.3) is 11.6 Å². The highest BCUT2D eigenvalue weighted by molar-refractivity contribution is 5.95. The summed E-state index contributed by atoms with van der Waals surface area (Å²) in [5.74, 6) is -1.73. The van der Waals surface area contributed by atoms with Crippen LogP contribution < -0.4 is 5.32 Å². The van der Waals surface area contributed by atoms with E-state index in [1.165, 1.54) is 32.2 Å². The van der Waals surface area contributed by atoms with Crippen molar-refractivity contribution in [1.82, 2.24) is 4.90 Å². The Labute approximate surface area is 167 Å². The third-order valence-electron chi connectivity index (χ3n) is 4.10. The first-order chi connectivity index (χ1) is 13.7. The number of esters is 1. The number of carbonyl (C=O) groups excluding carboxylic acids is 3. The SMILES string of the molecule is Cc1ccc(NC(=O)CN(C)C(=O)COC(=O)c2ccc([N+](=O)[O-])c(C)c2)cc1. The summed E-state index contributed by atoms with van der Waals surface area (Å²) in [5, 5.41) is 13.5.